The predicted octanol–water partition coefficient (Wildman–Crippen LogP) is 1.77. The second kappa shape index (κ2) is 6.41. The van der Waals surface area contributed by atoms with Crippen LogP contribution in [-0.2, 0) is 16.0 Å². The zero-order valence-electron chi connectivity index (χ0n) is 12.3. The van der Waals surface area contributed by atoms with E-state index in [1.54, 1.807) is 21.0 Å². The number of rotatable bonds is 6. The van der Waals surface area contributed by atoms with Crippen LogP contribution in [0.15, 0.2) is 18.2 Å². The summed E-state index contributed by atoms with van der Waals surface area (Å²) in [5.74, 6) is -0.502. The number of carboxylic acid groups (broad SMARTS) is 1. The van der Waals surface area contributed by atoms with Crippen LogP contribution in [0.1, 0.15) is 25.0 Å². The van der Waals surface area contributed by atoms with Crippen molar-refractivity contribution in [3.63, 3.8) is 0 Å². The minimum Gasteiger partial charge on any atom is -0.496 e. The summed E-state index contributed by atoms with van der Waals surface area (Å²) in [7, 11) is 1.56. The lowest BCUT2D eigenvalue weighted by atomic mass is 9.94. The van der Waals surface area contributed by atoms with Gasteiger partial charge in [0, 0.05) is 12.1 Å². The van der Waals surface area contributed by atoms with Crippen molar-refractivity contribution in [2.24, 2.45) is 5.41 Å². The number of carbonyl (C=O) groups is 2. The second-order valence-corrected chi connectivity index (χ2v) is 5.46. The summed E-state index contributed by atoms with van der Waals surface area (Å²) in [6, 6.07) is 5.62. The number of carbonyl (C=O) groups excluding carboxylic acids is 1. The molecule has 0 unspecified atom stereocenters. The molecule has 0 aliphatic rings. The van der Waals surface area contributed by atoms with E-state index in [1.165, 1.54) is 0 Å². The molecule has 0 spiro atoms. The van der Waals surface area contributed by atoms with Crippen molar-refractivity contribution in [3.8, 4) is 5.75 Å². The van der Waals surface area contributed by atoms with Crippen LogP contribution in [0.5, 0.6) is 5.75 Å². The largest absolute Gasteiger partial charge is 0.496 e. The van der Waals surface area contributed by atoms with Gasteiger partial charge in [-0.15, -0.1) is 0 Å². The maximum absolute atomic E-state index is 11.9. The third-order valence-corrected chi connectivity index (χ3v) is 3.09. The van der Waals surface area contributed by atoms with E-state index >= 15 is 0 Å². The lowest BCUT2D eigenvalue weighted by Crippen LogP contribution is -2.39. The fourth-order valence-corrected chi connectivity index (χ4v) is 1.68. The summed E-state index contributed by atoms with van der Waals surface area (Å²) in [5.41, 5.74) is 0.851. The van der Waals surface area contributed by atoms with Crippen LogP contribution in [-0.4, -0.2) is 30.6 Å². The number of aliphatic carboxylic acids is 1. The predicted molar refractivity (Wildman–Crippen MR) is 75.9 cm³/mol. The molecule has 5 nitrogen and oxygen atoms in total. The zero-order chi connectivity index (χ0) is 15.3. The van der Waals surface area contributed by atoms with Gasteiger partial charge in [0.25, 0.3) is 0 Å². The number of hydrogen-bond acceptors (Lipinski definition) is 3. The number of amides is 1. The molecule has 1 aromatic carbocycles. The molecule has 2 N–H and O–H groups in total. The summed E-state index contributed by atoms with van der Waals surface area (Å²) in [4.78, 5) is 22.9. The Morgan fingerprint density at radius 3 is 2.55 bits per heavy atom. The Labute approximate surface area is 118 Å². The van der Waals surface area contributed by atoms with Crippen LogP contribution in [0.3, 0.4) is 0 Å². The minimum absolute atomic E-state index is 0.0926. The summed E-state index contributed by atoms with van der Waals surface area (Å²) in [6.45, 7) is 5.18. The van der Waals surface area contributed by atoms with Crippen molar-refractivity contribution < 1.29 is 19.4 Å². The normalized spacial score (nSPS) is 11.0. The minimum atomic E-state index is -0.980. The van der Waals surface area contributed by atoms with E-state index in [0.717, 1.165) is 11.1 Å². The van der Waals surface area contributed by atoms with Crippen molar-refractivity contribution in [1.82, 2.24) is 5.32 Å². The maximum Gasteiger partial charge on any atom is 0.310 e. The van der Waals surface area contributed by atoms with Gasteiger partial charge < -0.3 is 15.2 Å². The third-order valence-electron chi connectivity index (χ3n) is 3.09. The Morgan fingerprint density at radius 1 is 1.35 bits per heavy atom. The van der Waals surface area contributed by atoms with Gasteiger partial charge in [0.2, 0.25) is 5.91 Å². The number of nitrogens with one attached hydrogen (secondary N) is 1. The average Bonchev–Trinajstić information content (AvgIpc) is 2.36. The molecular formula is C15H21NO4. The number of carboxylic acids is 1. The monoisotopic (exact) mass is 279 g/mol. The molecular weight excluding hydrogens is 258 g/mol. The molecule has 0 heterocycles. The highest BCUT2D eigenvalue weighted by atomic mass is 16.5. The van der Waals surface area contributed by atoms with E-state index in [-0.39, 0.29) is 18.9 Å². The lowest BCUT2D eigenvalue weighted by molar-refractivity contribution is -0.146. The van der Waals surface area contributed by atoms with Crippen molar-refractivity contribution in [2.75, 3.05) is 13.7 Å². The van der Waals surface area contributed by atoms with Gasteiger partial charge in [-0.1, -0.05) is 17.7 Å². The van der Waals surface area contributed by atoms with Gasteiger partial charge in [-0.05, 0) is 26.8 Å². The van der Waals surface area contributed by atoms with Crippen LogP contribution in [0.2, 0.25) is 0 Å². The molecule has 0 aliphatic heterocycles. The van der Waals surface area contributed by atoms with E-state index in [0.29, 0.717) is 5.75 Å². The molecule has 5 heteroatoms. The van der Waals surface area contributed by atoms with Crippen molar-refractivity contribution in [3.05, 3.63) is 29.3 Å². The van der Waals surface area contributed by atoms with E-state index in [9.17, 15) is 9.59 Å². The number of hydrogen-bond donors (Lipinski definition) is 2. The summed E-state index contributed by atoms with van der Waals surface area (Å²) in [5, 5.41) is 11.6. The topological polar surface area (TPSA) is 75.6 Å². The van der Waals surface area contributed by atoms with Gasteiger partial charge in [0.1, 0.15) is 5.75 Å². The number of benzene rings is 1. The molecule has 1 aromatic rings. The SMILES string of the molecule is COc1ccc(C)cc1CC(=O)NCC(C)(C)C(=O)O. The van der Waals surface area contributed by atoms with E-state index in [4.69, 9.17) is 9.84 Å². The molecule has 110 valence electrons. The lowest BCUT2D eigenvalue weighted by Gasteiger charge is -2.19. The van der Waals surface area contributed by atoms with Gasteiger partial charge >= 0.3 is 5.97 Å². The van der Waals surface area contributed by atoms with Gasteiger partial charge in [-0.2, -0.15) is 0 Å². The number of methoxy groups -OCH3 is 1. The molecule has 0 fully saturated rings. The molecule has 1 amide bonds. The van der Waals surface area contributed by atoms with Crippen molar-refractivity contribution >= 4 is 11.9 Å². The molecule has 0 saturated heterocycles. The van der Waals surface area contributed by atoms with Crippen molar-refractivity contribution in [2.45, 2.75) is 27.2 Å². The molecule has 0 bridgehead atoms. The van der Waals surface area contributed by atoms with Gasteiger partial charge in [-0.3, -0.25) is 9.59 Å². The smallest absolute Gasteiger partial charge is 0.310 e. The quantitative estimate of drug-likeness (QED) is 0.832. The third kappa shape index (κ3) is 4.26. The molecule has 0 aliphatic carbocycles. The second-order valence-electron chi connectivity index (χ2n) is 5.46. The fraction of sp³-hybridized carbons (Fsp3) is 0.467. The highest BCUT2D eigenvalue weighted by Gasteiger charge is 2.27. The van der Waals surface area contributed by atoms with Crippen LogP contribution in [0.25, 0.3) is 0 Å². The fourth-order valence-electron chi connectivity index (χ4n) is 1.68. The van der Waals surface area contributed by atoms with Crippen LogP contribution < -0.4 is 10.1 Å². The van der Waals surface area contributed by atoms with E-state index in [2.05, 4.69) is 5.32 Å². The highest BCUT2D eigenvalue weighted by Crippen LogP contribution is 2.20. The van der Waals surface area contributed by atoms with Crippen LogP contribution in [0, 0.1) is 12.3 Å². The zero-order valence-corrected chi connectivity index (χ0v) is 12.3. The van der Waals surface area contributed by atoms with Gasteiger partial charge in [0.15, 0.2) is 0 Å². The van der Waals surface area contributed by atoms with E-state index in [1.807, 2.05) is 25.1 Å². The van der Waals surface area contributed by atoms with Crippen molar-refractivity contribution in [1.29, 1.82) is 0 Å². The number of aryl methyl sites for hydroxylation is 1. The first-order valence-electron chi connectivity index (χ1n) is 6.40. The molecule has 1 rings (SSSR count). The Morgan fingerprint density at radius 2 is 2.00 bits per heavy atom. The Balaban J connectivity index is 2.68. The highest BCUT2D eigenvalue weighted by molar-refractivity contribution is 5.81. The first kappa shape index (κ1) is 16.0. The van der Waals surface area contributed by atoms with Crippen LogP contribution in [0.4, 0.5) is 0 Å². The Kier molecular flexibility index (Phi) is 5.13. The standard InChI is InChI=1S/C15H21NO4/c1-10-5-6-12(20-4)11(7-10)8-13(17)16-9-15(2,3)14(18)19/h5-7H,8-9H2,1-4H3,(H,16,17)(H,18,19). The average molecular weight is 279 g/mol. The van der Waals surface area contributed by atoms with E-state index < -0.39 is 11.4 Å². The van der Waals surface area contributed by atoms with Gasteiger partial charge in [0.05, 0.1) is 18.9 Å². The van der Waals surface area contributed by atoms with Crippen LogP contribution >= 0.6 is 0 Å². The van der Waals surface area contributed by atoms with Gasteiger partial charge in [-0.25, -0.2) is 0 Å². The first-order chi connectivity index (χ1) is 9.26. The molecule has 0 atom stereocenters. The molecule has 20 heavy (non-hydrogen) atoms. The molecule has 0 aromatic heterocycles. The summed E-state index contributed by atoms with van der Waals surface area (Å²) in [6.07, 6.45) is 0.167. The Bertz CT molecular complexity index is 509. The maximum atomic E-state index is 11.9. The molecule has 0 saturated carbocycles. The summed E-state index contributed by atoms with van der Waals surface area (Å²) >= 11 is 0. The number of ether oxygens (including phenoxy) is 1. The Hall–Kier alpha value is -2.04. The summed E-state index contributed by atoms with van der Waals surface area (Å²) < 4.78 is 5.21. The molecule has 0 radical (unpaired) electrons. The first-order valence-corrected chi connectivity index (χ1v) is 6.40.